The van der Waals surface area contributed by atoms with Crippen molar-refractivity contribution in [1.29, 1.82) is 0 Å². The lowest BCUT2D eigenvalue weighted by Gasteiger charge is -2.27. The second-order valence-electron chi connectivity index (χ2n) is 7.20. The maximum atomic E-state index is 12.7. The number of hydrogen-bond acceptors (Lipinski definition) is 6. The van der Waals surface area contributed by atoms with Crippen molar-refractivity contribution < 1.29 is 23.2 Å². The number of carbonyl (C=O) groups is 2. The first-order chi connectivity index (χ1) is 13.1. The third-order valence-corrected chi connectivity index (χ3v) is 8.34. The van der Waals surface area contributed by atoms with E-state index in [1.54, 1.807) is 17.4 Å². The number of hydroxylamine groups is 1. The minimum Gasteiger partial charge on any atom is -0.334 e. The van der Waals surface area contributed by atoms with E-state index in [2.05, 4.69) is 0 Å². The Morgan fingerprint density at radius 3 is 2.61 bits per heavy atom. The summed E-state index contributed by atoms with van der Waals surface area (Å²) in [6.45, 7) is 3.72. The molecule has 0 aliphatic carbocycles. The van der Waals surface area contributed by atoms with E-state index in [-0.39, 0.29) is 18.9 Å². The number of benzene rings is 1. The maximum absolute atomic E-state index is 12.7. The maximum Gasteiger partial charge on any atom is 0.264 e. The highest BCUT2D eigenvalue weighted by Crippen LogP contribution is 2.33. The second-order valence-corrected chi connectivity index (χ2v) is 10.9. The standard InChI is InChI=1S/C19H22N2O5S2/c1-12-4-7-16(27-12)13-5-6-15-14(10-13)11-21(17(15)22)9-8-19(2,18(23)20-24)28(3,25)26/h4-7,10,24H,8-9,11H2,1-3H3,(H,20,23). The molecule has 28 heavy (non-hydrogen) atoms. The predicted octanol–water partition coefficient (Wildman–Crippen LogP) is 2.38. The quantitative estimate of drug-likeness (QED) is 0.549. The Morgan fingerprint density at radius 2 is 2.04 bits per heavy atom. The normalized spacial score (nSPS) is 16.0. The zero-order valence-corrected chi connectivity index (χ0v) is 17.5. The van der Waals surface area contributed by atoms with Crippen molar-refractivity contribution in [3.63, 3.8) is 0 Å². The number of rotatable bonds is 6. The van der Waals surface area contributed by atoms with Crippen LogP contribution in [0, 0.1) is 6.92 Å². The minimum atomic E-state index is -3.80. The number of fused-ring (bicyclic) bond motifs is 1. The average Bonchev–Trinajstić information content (AvgIpc) is 3.21. The van der Waals surface area contributed by atoms with Gasteiger partial charge in [0.15, 0.2) is 14.6 Å². The van der Waals surface area contributed by atoms with E-state index < -0.39 is 20.5 Å². The first kappa shape index (κ1) is 20.5. The van der Waals surface area contributed by atoms with Crippen LogP contribution in [-0.4, -0.2) is 47.9 Å². The molecule has 2 N–H and O–H groups in total. The number of thiophene rings is 1. The van der Waals surface area contributed by atoms with Gasteiger partial charge in [0.05, 0.1) is 0 Å². The van der Waals surface area contributed by atoms with Crippen LogP contribution in [0.25, 0.3) is 10.4 Å². The highest BCUT2D eigenvalue weighted by atomic mass is 32.2. The van der Waals surface area contributed by atoms with Gasteiger partial charge < -0.3 is 4.90 Å². The SMILES string of the molecule is Cc1ccc(-c2ccc3c(c2)CN(CCC(C)(C(=O)NO)S(C)(=O)=O)C3=O)s1. The van der Waals surface area contributed by atoms with E-state index >= 15 is 0 Å². The van der Waals surface area contributed by atoms with Crippen LogP contribution in [0.2, 0.25) is 0 Å². The van der Waals surface area contributed by atoms with E-state index in [0.29, 0.717) is 12.1 Å². The van der Waals surface area contributed by atoms with Gasteiger partial charge in [0.2, 0.25) is 0 Å². The Labute approximate surface area is 167 Å². The van der Waals surface area contributed by atoms with Crippen molar-refractivity contribution in [2.75, 3.05) is 12.8 Å². The monoisotopic (exact) mass is 422 g/mol. The van der Waals surface area contributed by atoms with Gasteiger partial charge in [0, 0.05) is 34.7 Å². The van der Waals surface area contributed by atoms with Gasteiger partial charge in [-0.05, 0) is 55.7 Å². The van der Waals surface area contributed by atoms with E-state index in [1.165, 1.54) is 22.2 Å². The summed E-state index contributed by atoms with van der Waals surface area (Å²) in [6.07, 6.45) is 0.826. The van der Waals surface area contributed by atoms with Crippen LogP contribution in [0.1, 0.15) is 34.1 Å². The number of aryl methyl sites for hydroxylation is 1. The van der Waals surface area contributed by atoms with Crippen LogP contribution in [0.4, 0.5) is 0 Å². The van der Waals surface area contributed by atoms with Gasteiger partial charge in [-0.15, -0.1) is 11.3 Å². The topological polar surface area (TPSA) is 104 Å². The summed E-state index contributed by atoms with van der Waals surface area (Å²) >= 11 is 1.68. The molecule has 1 aliphatic rings. The molecule has 0 saturated carbocycles. The second kappa shape index (κ2) is 7.31. The summed E-state index contributed by atoms with van der Waals surface area (Å²) < 4.78 is 22.4. The summed E-state index contributed by atoms with van der Waals surface area (Å²) in [5, 5.41) is 8.92. The van der Waals surface area contributed by atoms with Gasteiger partial charge in [-0.3, -0.25) is 14.8 Å². The molecule has 0 bridgehead atoms. The molecule has 9 heteroatoms. The molecule has 7 nitrogen and oxygen atoms in total. The van der Waals surface area contributed by atoms with Crippen LogP contribution in [0.15, 0.2) is 30.3 Å². The molecular formula is C19H22N2O5S2. The predicted molar refractivity (Wildman–Crippen MR) is 107 cm³/mol. The molecule has 2 amide bonds. The highest BCUT2D eigenvalue weighted by molar-refractivity contribution is 7.92. The average molecular weight is 423 g/mol. The summed E-state index contributed by atoms with van der Waals surface area (Å²) in [5.74, 6) is -1.20. The lowest BCUT2D eigenvalue weighted by Crippen LogP contribution is -2.50. The molecule has 2 aromatic rings. The number of amides is 2. The molecule has 1 aromatic carbocycles. The molecule has 1 atom stereocenters. The largest absolute Gasteiger partial charge is 0.334 e. The molecule has 0 radical (unpaired) electrons. The fraction of sp³-hybridized carbons (Fsp3) is 0.368. The Morgan fingerprint density at radius 1 is 1.32 bits per heavy atom. The van der Waals surface area contributed by atoms with Crippen molar-refractivity contribution in [2.24, 2.45) is 0 Å². The third kappa shape index (κ3) is 3.57. The molecule has 1 aromatic heterocycles. The molecule has 1 unspecified atom stereocenters. The number of sulfone groups is 1. The minimum absolute atomic E-state index is 0.0813. The molecular weight excluding hydrogens is 400 g/mol. The van der Waals surface area contributed by atoms with Crippen LogP contribution in [-0.2, 0) is 21.2 Å². The van der Waals surface area contributed by atoms with Crippen LogP contribution in [0.5, 0.6) is 0 Å². The molecule has 0 fully saturated rings. The van der Waals surface area contributed by atoms with Crippen molar-refractivity contribution >= 4 is 33.0 Å². The molecule has 3 rings (SSSR count). The van der Waals surface area contributed by atoms with E-state index in [1.807, 2.05) is 31.2 Å². The zero-order valence-electron chi connectivity index (χ0n) is 15.9. The van der Waals surface area contributed by atoms with Crippen molar-refractivity contribution in [3.05, 3.63) is 46.3 Å². The van der Waals surface area contributed by atoms with E-state index in [9.17, 15) is 18.0 Å². The summed E-state index contributed by atoms with van der Waals surface area (Å²) in [7, 11) is -3.80. The van der Waals surface area contributed by atoms with Gasteiger partial charge in [-0.2, -0.15) is 0 Å². The van der Waals surface area contributed by atoms with Crippen LogP contribution < -0.4 is 5.48 Å². The third-order valence-electron chi connectivity index (χ3n) is 5.27. The molecule has 1 aliphatic heterocycles. The van der Waals surface area contributed by atoms with Gasteiger partial charge >= 0.3 is 0 Å². The van der Waals surface area contributed by atoms with Crippen molar-refractivity contribution in [2.45, 2.75) is 31.6 Å². The fourth-order valence-corrected chi connectivity index (χ4v) is 4.95. The molecule has 0 spiro atoms. The smallest absolute Gasteiger partial charge is 0.264 e. The highest BCUT2D eigenvalue weighted by Gasteiger charge is 2.44. The van der Waals surface area contributed by atoms with Crippen LogP contribution in [0.3, 0.4) is 0 Å². The van der Waals surface area contributed by atoms with Crippen LogP contribution >= 0.6 is 11.3 Å². The number of nitrogens with zero attached hydrogens (tertiary/aromatic N) is 1. The molecule has 0 saturated heterocycles. The van der Waals surface area contributed by atoms with Gasteiger partial charge in [-0.25, -0.2) is 13.9 Å². The summed E-state index contributed by atoms with van der Waals surface area (Å²) in [5.41, 5.74) is 3.92. The Balaban J connectivity index is 1.79. The first-order valence-electron chi connectivity index (χ1n) is 8.70. The summed E-state index contributed by atoms with van der Waals surface area (Å²) in [6, 6.07) is 9.77. The molecule has 150 valence electrons. The number of carbonyl (C=O) groups excluding carboxylic acids is 2. The van der Waals surface area contributed by atoms with Gasteiger partial charge in [0.25, 0.3) is 11.8 Å². The van der Waals surface area contributed by atoms with Gasteiger partial charge in [-0.1, -0.05) is 6.07 Å². The Bertz CT molecular complexity index is 1040. The fourth-order valence-electron chi connectivity index (χ4n) is 3.24. The van der Waals surface area contributed by atoms with Crippen molar-refractivity contribution in [1.82, 2.24) is 10.4 Å². The summed E-state index contributed by atoms with van der Waals surface area (Å²) in [4.78, 5) is 28.5. The van der Waals surface area contributed by atoms with Crippen molar-refractivity contribution in [3.8, 4) is 10.4 Å². The lowest BCUT2D eigenvalue weighted by atomic mass is 10.1. The first-order valence-corrected chi connectivity index (χ1v) is 11.4. The number of nitrogens with one attached hydrogen (secondary N) is 1. The lowest BCUT2D eigenvalue weighted by molar-refractivity contribution is -0.131. The zero-order chi connectivity index (χ0) is 20.7. The van der Waals surface area contributed by atoms with Gasteiger partial charge in [0.1, 0.15) is 0 Å². The Kier molecular flexibility index (Phi) is 5.35. The number of hydrogen-bond donors (Lipinski definition) is 2. The van der Waals surface area contributed by atoms with E-state index in [0.717, 1.165) is 22.3 Å². The molecule has 2 heterocycles. The Hall–Kier alpha value is -2.23. The van der Waals surface area contributed by atoms with E-state index in [4.69, 9.17) is 5.21 Å².